The van der Waals surface area contributed by atoms with Crippen LogP contribution in [0.1, 0.15) is 53.4 Å². The van der Waals surface area contributed by atoms with Crippen molar-refractivity contribution in [1.29, 1.82) is 0 Å². The summed E-state index contributed by atoms with van der Waals surface area (Å²) in [6.45, 7) is 7.79. The standard InChI is InChI=1S/C17H26BFN2O2/c1-16(2)17(3,4)23-18(22-16)12-9-14(20)15(10-13(12)19)21-11-7-5-6-8-11/h9-11,21H,5-8,20H2,1-4H3. The summed E-state index contributed by atoms with van der Waals surface area (Å²) in [5, 5.41) is 3.35. The minimum absolute atomic E-state index is 0.349. The predicted octanol–water partition coefficient (Wildman–Crippen LogP) is 3.06. The van der Waals surface area contributed by atoms with Crippen LogP contribution in [-0.4, -0.2) is 24.4 Å². The van der Waals surface area contributed by atoms with Gasteiger partial charge in [0.15, 0.2) is 0 Å². The molecule has 1 aromatic rings. The molecule has 0 atom stereocenters. The zero-order valence-corrected chi connectivity index (χ0v) is 14.4. The predicted molar refractivity (Wildman–Crippen MR) is 92.4 cm³/mol. The lowest BCUT2D eigenvalue weighted by atomic mass is 9.78. The molecule has 3 rings (SSSR count). The van der Waals surface area contributed by atoms with Gasteiger partial charge >= 0.3 is 7.12 Å². The number of halogens is 1. The number of nitrogens with one attached hydrogen (secondary N) is 1. The van der Waals surface area contributed by atoms with Crippen molar-refractivity contribution in [2.24, 2.45) is 0 Å². The number of hydrogen-bond donors (Lipinski definition) is 2. The minimum atomic E-state index is -0.733. The maximum Gasteiger partial charge on any atom is 0.497 e. The highest BCUT2D eigenvalue weighted by molar-refractivity contribution is 6.62. The van der Waals surface area contributed by atoms with Crippen molar-refractivity contribution in [3.05, 3.63) is 17.9 Å². The van der Waals surface area contributed by atoms with E-state index in [1.54, 1.807) is 6.07 Å². The summed E-state index contributed by atoms with van der Waals surface area (Å²) in [7, 11) is -0.733. The maximum absolute atomic E-state index is 14.6. The molecule has 2 aliphatic rings. The lowest BCUT2D eigenvalue weighted by Gasteiger charge is -2.32. The van der Waals surface area contributed by atoms with Gasteiger partial charge in [-0.15, -0.1) is 0 Å². The molecule has 1 saturated carbocycles. The van der Waals surface area contributed by atoms with Gasteiger partial charge in [0, 0.05) is 11.5 Å². The van der Waals surface area contributed by atoms with Crippen LogP contribution in [0, 0.1) is 5.82 Å². The highest BCUT2D eigenvalue weighted by atomic mass is 19.1. The summed E-state index contributed by atoms with van der Waals surface area (Å²) in [6, 6.07) is 3.49. The van der Waals surface area contributed by atoms with E-state index in [0.29, 0.717) is 22.9 Å². The first-order chi connectivity index (χ1) is 10.7. The fourth-order valence-electron chi connectivity index (χ4n) is 3.17. The van der Waals surface area contributed by atoms with E-state index in [1.807, 2.05) is 27.7 Å². The molecule has 1 heterocycles. The molecule has 0 radical (unpaired) electrons. The third kappa shape index (κ3) is 3.06. The maximum atomic E-state index is 14.6. The van der Waals surface area contributed by atoms with E-state index in [4.69, 9.17) is 15.0 Å². The third-order valence-electron chi connectivity index (χ3n) is 5.39. The quantitative estimate of drug-likeness (QED) is 0.664. The molecule has 126 valence electrons. The zero-order chi connectivity index (χ0) is 16.8. The third-order valence-corrected chi connectivity index (χ3v) is 5.39. The Morgan fingerprint density at radius 2 is 1.70 bits per heavy atom. The lowest BCUT2D eigenvalue weighted by molar-refractivity contribution is 0.00578. The molecule has 0 unspecified atom stereocenters. The van der Waals surface area contributed by atoms with E-state index in [-0.39, 0.29) is 5.82 Å². The van der Waals surface area contributed by atoms with Crippen molar-refractivity contribution in [1.82, 2.24) is 0 Å². The number of nitrogens with two attached hydrogens (primary N) is 1. The molecular weight excluding hydrogens is 294 g/mol. The second kappa shape index (κ2) is 5.67. The molecule has 0 bridgehead atoms. The number of anilines is 2. The van der Waals surface area contributed by atoms with Gasteiger partial charge in [-0.2, -0.15) is 0 Å². The molecule has 4 nitrogen and oxygen atoms in total. The van der Waals surface area contributed by atoms with Crippen molar-refractivity contribution in [2.45, 2.75) is 70.6 Å². The van der Waals surface area contributed by atoms with Crippen LogP contribution in [0.2, 0.25) is 0 Å². The van der Waals surface area contributed by atoms with Gasteiger partial charge in [0.05, 0.1) is 22.6 Å². The molecule has 1 aliphatic heterocycles. The van der Waals surface area contributed by atoms with Crippen LogP contribution in [0.5, 0.6) is 0 Å². The van der Waals surface area contributed by atoms with Crippen molar-refractivity contribution >= 4 is 24.0 Å². The topological polar surface area (TPSA) is 56.5 Å². The van der Waals surface area contributed by atoms with Crippen LogP contribution in [0.15, 0.2) is 12.1 Å². The van der Waals surface area contributed by atoms with Gasteiger partial charge in [0.2, 0.25) is 0 Å². The minimum Gasteiger partial charge on any atom is -0.399 e. The van der Waals surface area contributed by atoms with E-state index in [0.717, 1.165) is 12.8 Å². The van der Waals surface area contributed by atoms with E-state index in [1.165, 1.54) is 18.9 Å². The molecule has 6 heteroatoms. The van der Waals surface area contributed by atoms with E-state index < -0.39 is 18.3 Å². The summed E-state index contributed by atoms with van der Waals surface area (Å²) in [4.78, 5) is 0. The van der Waals surface area contributed by atoms with Gasteiger partial charge in [0.1, 0.15) is 5.82 Å². The summed E-state index contributed by atoms with van der Waals surface area (Å²) < 4.78 is 26.4. The molecule has 0 amide bonds. The lowest BCUT2D eigenvalue weighted by Crippen LogP contribution is -2.41. The van der Waals surface area contributed by atoms with Crippen LogP contribution >= 0.6 is 0 Å². The molecule has 0 aromatic heterocycles. The van der Waals surface area contributed by atoms with Gasteiger partial charge in [-0.3, -0.25) is 0 Å². The Balaban J connectivity index is 1.83. The van der Waals surface area contributed by atoms with Gasteiger partial charge in [-0.05, 0) is 52.7 Å². The summed E-state index contributed by atoms with van der Waals surface area (Å²) in [5.74, 6) is -0.349. The number of hydrogen-bond acceptors (Lipinski definition) is 4. The van der Waals surface area contributed by atoms with E-state index in [2.05, 4.69) is 5.32 Å². The smallest absolute Gasteiger partial charge is 0.399 e. The van der Waals surface area contributed by atoms with Gasteiger partial charge < -0.3 is 20.4 Å². The second-order valence-corrected chi connectivity index (χ2v) is 7.67. The first kappa shape index (κ1) is 16.6. The van der Waals surface area contributed by atoms with Crippen molar-refractivity contribution in [2.75, 3.05) is 11.1 Å². The van der Waals surface area contributed by atoms with Crippen LogP contribution in [0.4, 0.5) is 15.8 Å². The molecule has 1 saturated heterocycles. The van der Waals surface area contributed by atoms with Crippen LogP contribution in [0.3, 0.4) is 0 Å². The Bertz CT molecular complexity index is 585. The largest absolute Gasteiger partial charge is 0.497 e. The number of rotatable bonds is 3. The Labute approximate surface area is 138 Å². The summed E-state index contributed by atoms with van der Waals surface area (Å²) >= 11 is 0. The van der Waals surface area contributed by atoms with E-state index >= 15 is 0 Å². The molecule has 1 aromatic carbocycles. The summed E-state index contributed by atoms with van der Waals surface area (Å²) in [6.07, 6.45) is 4.65. The Hall–Kier alpha value is -1.27. The molecule has 23 heavy (non-hydrogen) atoms. The first-order valence-electron chi connectivity index (χ1n) is 8.41. The fourth-order valence-corrected chi connectivity index (χ4v) is 3.17. The van der Waals surface area contributed by atoms with Crippen molar-refractivity contribution in [3.63, 3.8) is 0 Å². The summed E-state index contributed by atoms with van der Waals surface area (Å²) in [5.41, 5.74) is 6.68. The van der Waals surface area contributed by atoms with Gasteiger partial charge in [0.25, 0.3) is 0 Å². The zero-order valence-electron chi connectivity index (χ0n) is 14.4. The monoisotopic (exact) mass is 320 g/mol. The van der Waals surface area contributed by atoms with Crippen molar-refractivity contribution < 1.29 is 13.7 Å². The van der Waals surface area contributed by atoms with Gasteiger partial charge in [-0.1, -0.05) is 12.8 Å². The average Bonchev–Trinajstić information content (AvgIpc) is 3.00. The Morgan fingerprint density at radius 1 is 1.13 bits per heavy atom. The molecule has 2 fully saturated rings. The molecular formula is C17H26BFN2O2. The SMILES string of the molecule is CC1(C)OB(c2cc(N)c(NC3CCCC3)cc2F)OC1(C)C. The highest BCUT2D eigenvalue weighted by Gasteiger charge is 2.52. The Kier molecular flexibility index (Phi) is 4.09. The average molecular weight is 320 g/mol. The number of nitrogen functional groups attached to an aromatic ring is 1. The molecule has 3 N–H and O–H groups in total. The number of benzene rings is 1. The molecule has 1 aliphatic carbocycles. The first-order valence-corrected chi connectivity index (χ1v) is 8.41. The van der Waals surface area contributed by atoms with E-state index in [9.17, 15) is 4.39 Å². The molecule has 0 spiro atoms. The fraction of sp³-hybridized carbons (Fsp3) is 0.647. The van der Waals surface area contributed by atoms with Crippen LogP contribution in [0.25, 0.3) is 0 Å². The second-order valence-electron chi connectivity index (χ2n) is 7.67. The van der Waals surface area contributed by atoms with Crippen LogP contribution < -0.4 is 16.5 Å². The normalized spacial score (nSPS) is 23.4. The Morgan fingerprint density at radius 3 is 2.26 bits per heavy atom. The van der Waals surface area contributed by atoms with Crippen molar-refractivity contribution in [3.8, 4) is 0 Å². The highest BCUT2D eigenvalue weighted by Crippen LogP contribution is 2.37. The van der Waals surface area contributed by atoms with Crippen LogP contribution in [-0.2, 0) is 9.31 Å². The van der Waals surface area contributed by atoms with Gasteiger partial charge in [-0.25, -0.2) is 4.39 Å².